The molecule has 0 saturated heterocycles. The van der Waals surface area contributed by atoms with Gasteiger partial charge in [-0.3, -0.25) is 9.52 Å². The van der Waals surface area contributed by atoms with Crippen LogP contribution in [0.4, 0.5) is 5.69 Å². The minimum atomic E-state index is -3.89. The molecule has 0 aliphatic carbocycles. The number of anilines is 1. The van der Waals surface area contributed by atoms with Crippen molar-refractivity contribution < 1.29 is 22.7 Å². The van der Waals surface area contributed by atoms with Gasteiger partial charge in [0.2, 0.25) is 0 Å². The molecule has 164 valence electrons. The summed E-state index contributed by atoms with van der Waals surface area (Å²) in [6.45, 7) is 0.969. The molecule has 32 heavy (non-hydrogen) atoms. The van der Waals surface area contributed by atoms with Crippen molar-refractivity contribution in [2.45, 2.75) is 4.90 Å². The van der Waals surface area contributed by atoms with E-state index in [0.717, 1.165) is 0 Å². The lowest BCUT2D eigenvalue weighted by molar-refractivity contribution is 0.0955. The highest BCUT2D eigenvalue weighted by Gasteiger charge is 2.17. The number of carbonyl (C=O) groups excluding carboxylic acids is 1. The molecule has 0 fully saturated rings. The molecule has 0 radical (unpaired) electrons. The van der Waals surface area contributed by atoms with Gasteiger partial charge in [-0.15, -0.1) is 0 Å². The summed E-state index contributed by atoms with van der Waals surface area (Å²) in [4.78, 5) is 12.4. The fourth-order valence-corrected chi connectivity index (χ4v) is 4.14. The Morgan fingerprint density at radius 1 is 0.969 bits per heavy atom. The Hall–Kier alpha value is -3.56. The number of benzene rings is 3. The maximum absolute atomic E-state index is 12.7. The summed E-state index contributed by atoms with van der Waals surface area (Å²) in [6.07, 6.45) is 1.46. The van der Waals surface area contributed by atoms with E-state index in [-0.39, 0.29) is 10.5 Å². The normalized spacial score (nSPS) is 13.0. The van der Waals surface area contributed by atoms with Crippen LogP contribution in [0, 0.1) is 0 Å². The van der Waals surface area contributed by atoms with E-state index < -0.39 is 15.9 Å². The molecule has 10 heteroatoms. The Bertz CT molecular complexity index is 1280. The van der Waals surface area contributed by atoms with Gasteiger partial charge >= 0.3 is 0 Å². The molecule has 0 aromatic heterocycles. The number of hydrogen-bond donors (Lipinski definition) is 2. The highest BCUT2D eigenvalue weighted by Crippen LogP contribution is 2.30. The van der Waals surface area contributed by atoms with E-state index in [1.54, 1.807) is 42.5 Å². The molecule has 0 bridgehead atoms. The highest BCUT2D eigenvalue weighted by molar-refractivity contribution is 7.92. The summed E-state index contributed by atoms with van der Waals surface area (Å²) in [5.41, 5.74) is 3.59. The van der Waals surface area contributed by atoms with Crippen molar-refractivity contribution in [3.63, 3.8) is 0 Å². The van der Waals surface area contributed by atoms with E-state index in [2.05, 4.69) is 15.2 Å². The molecular formula is C22H18ClN3O5S. The molecule has 2 N–H and O–H groups in total. The fourth-order valence-electron chi connectivity index (χ4n) is 2.91. The molecule has 1 amide bonds. The molecule has 4 rings (SSSR count). The van der Waals surface area contributed by atoms with Gasteiger partial charge in [0.25, 0.3) is 15.9 Å². The van der Waals surface area contributed by atoms with Crippen LogP contribution in [0.2, 0.25) is 5.02 Å². The van der Waals surface area contributed by atoms with Gasteiger partial charge in [-0.1, -0.05) is 17.7 Å². The minimum absolute atomic E-state index is 0.0593. The van der Waals surface area contributed by atoms with Gasteiger partial charge in [-0.25, -0.2) is 13.8 Å². The van der Waals surface area contributed by atoms with Crippen LogP contribution in [0.1, 0.15) is 15.9 Å². The van der Waals surface area contributed by atoms with E-state index in [1.807, 2.05) is 0 Å². The van der Waals surface area contributed by atoms with Gasteiger partial charge in [-0.05, 0) is 66.2 Å². The van der Waals surface area contributed by atoms with Crippen LogP contribution in [0.3, 0.4) is 0 Å². The van der Waals surface area contributed by atoms with Crippen LogP contribution in [0.25, 0.3) is 0 Å². The van der Waals surface area contributed by atoms with Crippen molar-refractivity contribution in [2.75, 3.05) is 17.9 Å². The van der Waals surface area contributed by atoms with Crippen LogP contribution >= 0.6 is 11.6 Å². The van der Waals surface area contributed by atoms with Crippen molar-refractivity contribution in [2.24, 2.45) is 5.10 Å². The number of nitrogens with zero attached hydrogens (tertiary/aromatic N) is 1. The van der Waals surface area contributed by atoms with Crippen molar-refractivity contribution in [1.82, 2.24) is 5.43 Å². The standard InChI is InChI=1S/C22H18ClN3O5S/c23-17-5-7-18(8-6-17)26-32(28,29)19-3-1-2-16(13-19)22(27)25-24-14-15-4-9-20-21(12-15)31-11-10-30-20/h1-9,12-14,26H,10-11H2,(H,25,27). The first-order chi connectivity index (χ1) is 15.4. The molecule has 8 nitrogen and oxygen atoms in total. The topological polar surface area (TPSA) is 106 Å². The number of hydrogen-bond acceptors (Lipinski definition) is 6. The van der Waals surface area contributed by atoms with Gasteiger partial charge in [0.15, 0.2) is 11.5 Å². The van der Waals surface area contributed by atoms with Crippen molar-refractivity contribution in [3.8, 4) is 11.5 Å². The van der Waals surface area contributed by atoms with E-state index in [4.69, 9.17) is 21.1 Å². The highest BCUT2D eigenvalue weighted by atomic mass is 35.5. The number of sulfonamides is 1. The Morgan fingerprint density at radius 2 is 1.72 bits per heavy atom. The zero-order chi connectivity index (χ0) is 22.6. The number of ether oxygens (including phenoxy) is 2. The summed E-state index contributed by atoms with van der Waals surface area (Å²) in [5, 5.41) is 4.43. The molecular weight excluding hydrogens is 454 g/mol. The molecule has 0 spiro atoms. The number of carbonyl (C=O) groups is 1. The lowest BCUT2D eigenvalue weighted by Crippen LogP contribution is -2.19. The van der Waals surface area contributed by atoms with Crippen LogP contribution in [-0.2, 0) is 10.0 Å². The molecule has 1 aliphatic heterocycles. The predicted octanol–water partition coefficient (Wildman–Crippen LogP) is 3.68. The number of rotatable bonds is 6. The summed E-state index contributed by atoms with van der Waals surface area (Å²) in [5.74, 6) is 0.711. The van der Waals surface area contributed by atoms with Crippen LogP contribution in [0.5, 0.6) is 11.5 Å². The number of fused-ring (bicyclic) bond motifs is 1. The Kier molecular flexibility index (Phi) is 6.29. The molecule has 0 saturated carbocycles. The average molecular weight is 472 g/mol. The fraction of sp³-hybridized carbons (Fsp3) is 0.0909. The second-order valence-electron chi connectivity index (χ2n) is 6.74. The molecule has 1 aliphatic rings. The monoisotopic (exact) mass is 471 g/mol. The van der Waals surface area contributed by atoms with Crippen molar-refractivity contribution in [3.05, 3.63) is 82.9 Å². The maximum atomic E-state index is 12.7. The first kappa shape index (κ1) is 21.7. The largest absolute Gasteiger partial charge is 0.486 e. The third kappa shape index (κ3) is 5.19. The molecule has 1 heterocycles. The number of hydrazone groups is 1. The van der Waals surface area contributed by atoms with Crippen LogP contribution in [-0.4, -0.2) is 33.8 Å². The Morgan fingerprint density at radius 3 is 2.50 bits per heavy atom. The van der Waals surface area contributed by atoms with E-state index >= 15 is 0 Å². The first-order valence-corrected chi connectivity index (χ1v) is 11.4. The molecule has 3 aromatic rings. The van der Waals surface area contributed by atoms with Gasteiger partial charge < -0.3 is 9.47 Å². The third-order valence-corrected chi connectivity index (χ3v) is 6.08. The summed E-state index contributed by atoms with van der Waals surface area (Å²) in [6, 6.07) is 17.2. The minimum Gasteiger partial charge on any atom is -0.486 e. The molecule has 3 aromatic carbocycles. The lowest BCUT2D eigenvalue weighted by atomic mass is 10.2. The summed E-state index contributed by atoms with van der Waals surface area (Å²) in [7, 11) is -3.89. The quantitative estimate of drug-likeness (QED) is 0.421. The smallest absolute Gasteiger partial charge is 0.271 e. The average Bonchev–Trinajstić information content (AvgIpc) is 2.80. The Balaban J connectivity index is 1.44. The lowest BCUT2D eigenvalue weighted by Gasteiger charge is -2.18. The maximum Gasteiger partial charge on any atom is 0.271 e. The van der Waals surface area contributed by atoms with Gasteiger partial charge in [-0.2, -0.15) is 5.10 Å². The summed E-state index contributed by atoms with van der Waals surface area (Å²) >= 11 is 5.82. The Labute approximate surface area is 189 Å². The van der Waals surface area contributed by atoms with E-state index in [0.29, 0.717) is 41.0 Å². The van der Waals surface area contributed by atoms with Gasteiger partial charge in [0.1, 0.15) is 13.2 Å². The zero-order valence-corrected chi connectivity index (χ0v) is 18.2. The van der Waals surface area contributed by atoms with E-state index in [9.17, 15) is 13.2 Å². The first-order valence-electron chi connectivity index (χ1n) is 9.52. The van der Waals surface area contributed by atoms with Gasteiger partial charge in [0, 0.05) is 16.3 Å². The third-order valence-electron chi connectivity index (χ3n) is 4.45. The van der Waals surface area contributed by atoms with Crippen LogP contribution < -0.4 is 19.6 Å². The van der Waals surface area contributed by atoms with Gasteiger partial charge in [0.05, 0.1) is 11.1 Å². The van der Waals surface area contributed by atoms with Crippen LogP contribution in [0.15, 0.2) is 76.7 Å². The summed E-state index contributed by atoms with van der Waals surface area (Å²) < 4.78 is 38.7. The number of amides is 1. The second-order valence-corrected chi connectivity index (χ2v) is 8.86. The van der Waals surface area contributed by atoms with E-state index in [1.165, 1.54) is 30.5 Å². The number of nitrogens with one attached hydrogen (secondary N) is 2. The predicted molar refractivity (Wildman–Crippen MR) is 121 cm³/mol. The van der Waals surface area contributed by atoms with Crippen molar-refractivity contribution in [1.29, 1.82) is 0 Å². The second kappa shape index (κ2) is 9.29. The zero-order valence-electron chi connectivity index (χ0n) is 16.6. The molecule has 0 unspecified atom stereocenters. The molecule has 0 atom stereocenters. The SMILES string of the molecule is O=C(NN=Cc1ccc2c(c1)OCCO2)c1cccc(S(=O)(=O)Nc2ccc(Cl)cc2)c1. The number of halogens is 1. The van der Waals surface area contributed by atoms with Crippen molar-refractivity contribution >= 4 is 39.4 Å².